The monoisotopic (exact) mass is 416 g/mol. The number of hydrogen-bond donors (Lipinski definition) is 0. The lowest BCUT2D eigenvalue weighted by molar-refractivity contribution is -0.104. The average molecular weight is 416 g/mol. The Morgan fingerprint density at radius 1 is 0.767 bits per heavy atom. The van der Waals surface area contributed by atoms with Crippen molar-refractivity contribution in [2.45, 2.75) is 19.4 Å². The summed E-state index contributed by atoms with van der Waals surface area (Å²) in [6.07, 6.45) is 4.15. The van der Waals surface area contributed by atoms with Gasteiger partial charge in [-0.3, -0.25) is 4.79 Å². The Balaban J connectivity index is 2.31. The maximum absolute atomic E-state index is 10.6. The van der Waals surface area contributed by atoms with Gasteiger partial charge >= 0.3 is 0 Å². The molecule has 7 heteroatoms. The van der Waals surface area contributed by atoms with Crippen molar-refractivity contribution in [3.63, 3.8) is 0 Å². The van der Waals surface area contributed by atoms with E-state index in [4.69, 9.17) is 28.4 Å². The molecule has 162 valence electrons. The van der Waals surface area contributed by atoms with Gasteiger partial charge in [0.15, 0.2) is 23.0 Å². The lowest BCUT2D eigenvalue weighted by Gasteiger charge is -2.21. The molecule has 0 aliphatic rings. The molecule has 2 aromatic rings. The van der Waals surface area contributed by atoms with E-state index in [0.29, 0.717) is 47.2 Å². The van der Waals surface area contributed by atoms with Crippen LogP contribution in [-0.4, -0.2) is 47.9 Å². The first-order valence-electron chi connectivity index (χ1n) is 9.34. The van der Waals surface area contributed by atoms with Crippen LogP contribution >= 0.6 is 0 Å². The number of benzene rings is 2. The van der Waals surface area contributed by atoms with Crippen LogP contribution in [0.3, 0.4) is 0 Å². The van der Waals surface area contributed by atoms with Crippen molar-refractivity contribution < 1.29 is 33.2 Å². The quantitative estimate of drug-likeness (QED) is 0.406. The van der Waals surface area contributed by atoms with Gasteiger partial charge < -0.3 is 28.4 Å². The highest BCUT2D eigenvalue weighted by molar-refractivity contribution is 5.75. The van der Waals surface area contributed by atoms with Gasteiger partial charge in [0.1, 0.15) is 12.4 Å². The molecule has 0 N–H and O–H groups in total. The van der Waals surface area contributed by atoms with Crippen LogP contribution in [-0.2, 0) is 11.2 Å². The van der Waals surface area contributed by atoms with Crippen molar-refractivity contribution in [3.8, 4) is 34.5 Å². The van der Waals surface area contributed by atoms with Gasteiger partial charge in [0.2, 0.25) is 11.5 Å². The molecule has 0 aromatic heterocycles. The SMILES string of the molecule is COc1cc(C[C@H](C)Oc2c(OC)cc(/C=C\C=O)cc2OC)cc(OC)c1OC. The standard InChI is InChI=1S/C23H28O7/c1-15(10-17-13-18(25-2)22(29-6)19(14-17)26-3)30-23-20(27-4)11-16(8-7-9-24)12-21(23)28-5/h7-9,11-15H,10H2,1-6H3/b8-7-/t15-/m0/s1. The molecule has 0 saturated carbocycles. The minimum absolute atomic E-state index is 0.216. The first kappa shape index (κ1) is 22.9. The molecule has 0 aliphatic heterocycles. The second-order valence-electron chi connectivity index (χ2n) is 6.42. The third-order valence-electron chi connectivity index (χ3n) is 4.42. The molecule has 0 bridgehead atoms. The predicted molar refractivity (Wildman–Crippen MR) is 115 cm³/mol. The lowest BCUT2D eigenvalue weighted by Crippen LogP contribution is -2.16. The molecule has 2 rings (SSSR count). The van der Waals surface area contributed by atoms with E-state index in [1.54, 1.807) is 53.8 Å². The summed E-state index contributed by atoms with van der Waals surface area (Å²) < 4.78 is 33.3. The van der Waals surface area contributed by atoms with Gasteiger partial charge in [0.25, 0.3) is 0 Å². The molecule has 0 unspecified atom stereocenters. The summed E-state index contributed by atoms with van der Waals surface area (Å²) in [7, 11) is 7.84. The van der Waals surface area contributed by atoms with Crippen molar-refractivity contribution >= 4 is 12.4 Å². The zero-order chi connectivity index (χ0) is 22.1. The molecule has 0 heterocycles. The maximum Gasteiger partial charge on any atom is 0.203 e. The molecule has 0 radical (unpaired) electrons. The second kappa shape index (κ2) is 11.0. The first-order valence-corrected chi connectivity index (χ1v) is 9.34. The van der Waals surface area contributed by atoms with E-state index in [-0.39, 0.29) is 6.10 Å². The third-order valence-corrected chi connectivity index (χ3v) is 4.42. The Kier molecular flexibility index (Phi) is 8.41. The van der Waals surface area contributed by atoms with Gasteiger partial charge in [-0.25, -0.2) is 0 Å². The van der Waals surface area contributed by atoms with Gasteiger partial charge in [-0.05, 0) is 48.4 Å². The molecule has 0 saturated heterocycles. The van der Waals surface area contributed by atoms with Crippen molar-refractivity contribution in [1.82, 2.24) is 0 Å². The maximum atomic E-state index is 10.6. The van der Waals surface area contributed by atoms with E-state index in [9.17, 15) is 4.79 Å². The average Bonchev–Trinajstić information content (AvgIpc) is 2.77. The van der Waals surface area contributed by atoms with Crippen molar-refractivity contribution in [3.05, 3.63) is 41.5 Å². The Bertz CT molecular complexity index is 839. The Morgan fingerprint density at radius 2 is 1.27 bits per heavy atom. The fourth-order valence-corrected chi connectivity index (χ4v) is 3.09. The highest BCUT2D eigenvalue weighted by atomic mass is 16.5. The highest BCUT2D eigenvalue weighted by Gasteiger charge is 2.19. The summed E-state index contributed by atoms with van der Waals surface area (Å²) in [6.45, 7) is 1.95. The van der Waals surface area contributed by atoms with E-state index in [1.807, 2.05) is 19.1 Å². The van der Waals surface area contributed by atoms with E-state index in [2.05, 4.69) is 0 Å². The van der Waals surface area contributed by atoms with Gasteiger partial charge in [0.05, 0.1) is 35.5 Å². The van der Waals surface area contributed by atoms with Gasteiger partial charge in [-0.2, -0.15) is 0 Å². The van der Waals surface area contributed by atoms with Crippen LogP contribution in [0.25, 0.3) is 6.08 Å². The van der Waals surface area contributed by atoms with Crippen LogP contribution in [0, 0.1) is 0 Å². The van der Waals surface area contributed by atoms with Crippen molar-refractivity contribution in [2.24, 2.45) is 0 Å². The molecular formula is C23H28O7. The summed E-state index contributed by atoms with van der Waals surface area (Å²) in [5.41, 5.74) is 1.72. The van der Waals surface area contributed by atoms with Crippen LogP contribution in [0.5, 0.6) is 34.5 Å². The minimum Gasteiger partial charge on any atom is -0.493 e. The molecule has 0 spiro atoms. The largest absolute Gasteiger partial charge is 0.493 e. The molecule has 7 nitrogen and oxygen atoms in total. The number of aldehydes is 1. The predicted octanol–water partition coefficient (Wildman–Crippen LogP) is 3.95. The summed E-state index contributed by atoms with van der Waals surface area (Å²) in [5.74, 6) is 3.22. The molecule has 2 aromatic carbocycles. The van der Waals surface area contributed by atoms with Gasteiger partial charge in [-0.1, -0.05) is 6.08 Å². The summed E-state index contributed by atoms with van der Waals surface area (Å²) in [5, 5.41) is 0. The summed E-state index contributed by atoms with van der Waals surface area (Å²) in [6, 6.07) is 7.35. The van der Waals surface area contributed by atoms with Crippen molar-refractivity contribution in [1.29, 1.82) is 0 Å². The van der Waals surface area contributed by atoms with E-state index >= 15 is 0 Å². The normalized spacial score (nSPS) is 11.7. The highest BCUT2D eigenvalue weighted by Crippen LogP contribution is 2.41. The Morgan fingerprint density at radius 3 is 1.70 bits per heavy atom. The molecule has 0 aliphatic carbocycles. The van der Waals surface area contributed by atoms with Crippen LogP contribution in [0.2, 0.25) is 0 Å². The number of rotatable bonds is 11. The van der Waals surface area contributed by atoms with Gasteiger partial charge in [-0.15, -0.1) is 0 Å². The topological polar surface area (TPSA) is 72.5 Å². The zero-order valence-electron chi connectivity index (χ0n) is 18.2. The Hall–Kier alpha value is -3.35. The smallest absolute Gasteiger partial charge is 0.203 e. The fourth-order valence-electron chi connectivity index (χ4n) is 3.09. The molecular weight excluding hydrogens is 388 g/mol. The number of hydrogen-bond acceptors (Lipinski definition) is 7. The van der Waals surface area contributed by atoms with E-state index < -0.39 is 0 Å². The molecule has 0 fully saturated rings. The van der Waals surface area contributed by atoms with E-state index in [0.717, 1.165) is 11.1 Å². The third kappa shape index (κ3) is 5.37. The van der Waals surface area contributed by atoms with Crippen LogP contribution < -0.4 is 28.4 Å². The lowest BCUT2D eigenvalue weighted by atomic mass is 10.1. The zero-order valence-corrected chi connectivity index (χ0v) is 18.2. The summed E-state index contributed by atoms with van der Waals surface area (Å²) >= 11 is 0. The number of allylic oxidation sites excluding steroid dienone is 1. The second-order valence-corrected chi connectivity index (χ2v) is 6.42. The molecule has 0 amide bonds. The Labute approximate surface area is 177 Å². The van der Waals surface area contributed by atoms with Gasteiger partial charge in [0, 0.05) is 6.42 Å². The molecule has 30 heavy (non-hydrogen) atoms. The number of carbonyl (C=O) groups is 1. The minimum atomic E-state index is -0.216. The number of methoxy groups -OCH3 is 5. The van der Waals surface area contributed by atoms with Crippen LogP contribution in [0.1, 0.15) is 18.1 Å². The van der Waals surface area contributed by atoms with Crippen LogP contribution in [0.4, 0.5) is 0 Å². The van der Waals surface area contributed by atoms with Crippen LogP contribution in [0.15, 0.2) is 30.3 Å². The fraction of sp³-hybridized carbons (Fsp3) is 0.348. The number of ether oxygens (including phenoxy) is 6. The van der Waals surface area contributed by atoms with Crippen molar-refractivity contribution in [2.75, 3.05) is 35.5 Å². The summed E-state index contributed by atoms with van der Waals surface area (Å²) in [4.78, 5) is 10.6. The molecule has 1 atom stereocenters. The number of carbonyl (C=O) groups excluding carboxylic acids is 1. The first-order chi connectivity index (χ1) is 14.5. The van der Waals surface area contributed by atoms with E-state index in [1.165, 1.54) is 6.08 Å².